The first-order valence-corrected chi connectivity index (χ1v) is 12.7. The zero-order valence-electron chi connectivity index (χ0n) is 21.4. The number of aromatic nitrogens is 3. The molecule has 186 valence electrons. The molecule has 0 N–H and O–H groups in total. The molecule has 2 aromatic heterocycles. The molecule has 0 saturated carbocycles. The van der Waals surface area contributed by atoms with Crippen LogP contribution in [-0.4, -0.2) is 38.9 Å². The average Bonchev–Trinajstić information content (AvgIpc) is 3.62. The number of aryl methyl sites for hydroxylation is 3. The van der Waals surface area contributed by atoms with Crippen molar-refractivity contribution in [2.75, 3.05) is 13.7 Å². The van der Waals surface area contributed by atoms with Crippen LogP contribution >= 0.6 is 0 Å². The first-order valence-electron chi connectivity index (χ1n) is 12.7. The first-order chi connectivity index (χ1) is 17.6. The molecular weight excluding hydrogens is 448 g/mol. The van der Waals surface area contributed by atoms with Crippen LogP contribution in [-0.2, 0) is 42.5 Å². The number of methoxy groups -OCH3 is 1. The van der Waals surface area contributed by atoms with Crippen LogP contribution in [0.25, 0.3) is 17.0 Å². The summed E-state index contributed by atoms with van der Waals surface area (Å²) in [6.45, 7) is 4.84. The SMILES string of the molecule is CCn1cc(CN(CCc2cn(C)c3ccccc23)C2CCc3cc(/C=C/C(=O)OC)ccc32)cn1. The van der Waals surface area contributed by atoms with E-state index in [9.17, 15) is 4.79 Å². The molecule has 4 aromatic rings. The lowest BCUT2D eigenvalue weighted by Gasteiger charge is -2.29. The molecule has 6 nitrogen and oxygen atoms in total. The van der Waals surface area contributed by atoms with Crippen molar-refractivity contribution in [3.05, 3.63) is 94.9 Å². The van der Waals surface area contributed by atoms with Crippen molar-refractivity contribution in [3.8, 4) is 0 Å². The molecule has 5 rings (SSSR count). The van der Waals surface area contributed by atoms with Crippen molar-refractivity contribution >= 4 is 22.9 Å². The average molecular weight is 483 g/mol. The highest BCUT2D eigenvalue weighted by atomic mass is 16.5. The fourth-order valence-electron chi connectivity index (χ4n) is 5.46. The molecule has 6 heteroatoms. The summed E-state index contributed by atoms with van der Waals surface area (Å²) in [7, 11) is 3.53. The van der Waals surface area contributed by atoms with E-state index in [1.807, 2.05) is 17.0 Å². The largest absolute Gasteiger partial charge is 0.466 e. The zero-order chi connectivity index (χ0) is 25.1. The van der Waals surface area contributed by atoms with Crippen LogP contribution < -0.4 is 0 Å². The van der Waals surface area contributed by atoms with E-state index in [-0.39, 0.29) is 5.97 Å². The van der Waals surface area contributed by atoms with E-state index < -0.39 is 0 Å². The van der Waals surface area contributed by atoms with Gasteiger partial charge in [0.15, 0.2) is 0 Å². The molecule has 1 aliphatic rings. The highest BCUT2D eigenvalue weighted by molar-refractivity contribution is 5.87. The minimum absolute atomic E-state index is 0.333. The van der Waals surface area contributed by atoms with E-state index >= 15 is 0 Å². The van der Waals surface area contributed by atoms with Crippen molar-refractivity contribution in [2.45, 2.75) is 45.3 Å². The number of carbonyl (C=O) groups is 1. The number of benzene rings is 2. The van der Waals surface area contributed by atoms with E-state index in [1.54, 1.807) is 0 Å². The Hall–Kier alpha value is -3.64. The van der Waals surface area contributed by atoms with Gasteiger partial charge in [0, 0.05) is 67.7 Å². The molecule has 0 spiro atoms. The molecule has 0 bridgehead atoms. The third-order valence-corrected chi connectivity index (χ3v) is 7.31. The molecule has 0 aliphatic heterocycles. The van der Waals surface area contributed by atoms with Gasteiger partial charge in [-0.1, -0.05) is 36.4 Å². The predicted octanol–water partition coefficient (Wildman–Crippen LogP) is 5.31. The zero-order valence-corrected chi connectivity index (χ0v) is 21.4. The molecule has 0 fully saturated rings. The quantitative estimate of drug-likeness (QED) is 0.240. The Morgan fingerprint density at radius 3 is 2.89 bits per heavy atom. The Bertz CT molecular complexity index is 1400. The number of para-hydroxylation sites is 1. The first kappa shape index (κ1) is 24.1. The van der Waals surface area contributed by atoms with Crippen LogP contribution in [0, 0.1) is 0 Å². The van der Waals surface area contributed by atoms with Crippen LogP contribution in [0.4, 0.5) is 0 Å². The summed E-state index contributed by atoms with van der Waals surface area (Å²) in [6, 6.07) is 15.6. The lowest BCUT2D eigenvalue weighted by Crippen LogP contribution is -2.29. The lowest BCUT2D eigenvalue weighted by molar-refractivity contribution is -0.134. The van der Waals surface area contributed by atoms with Gasteiger partial charge in [-0.15, -0.1) is 0 Å². The van der Waals surface area contributed by atoms with E-state index in [4.69, 9.17) is 4.74 Å². The number of rotatable bonds is 9. The molecule has 0 radical (unpaired) electrons. The third kappa shape index (κ3) is 5.00. The number of esters is 1. The standard InChI is InChI=1S/C30H34N4O2/c1-4-34-20-23(18-31-34)19-33(16-15-25-21-32(2)28-8-6-5-7-26(25)28)29-13-11-24-17-22(9-12-27(24)29)10-14-30(35)36-3/h5-10,12,14,17-18,20-21,29H,4,11,13,15-16,19H2,1-3H3/b14-10+. The van der Waals surface area contributed by atoms with Gasteiger partial charge < -0.3 is 9.30 Å². The predicted molar refractivity (Wildman–Crippen MR) is 143 cm³/mol. The summed E-state index contributed by atoms with van der Waals surface area (Å²) >= 11 is 0. The van der Waals surface area contributed by atoms with Crippen molar-refractivity contribution in [1.82, 2.24) is 19.2 Å². The maximum atomic E-state index is 11.5. The molecule has 1 unspecified atom stereocenters. The summed E-state index contributed by atoms with van der Waals surface area (Å²) in [5.74, 6) is -0.333. The number of hydrogen-bond acceptors (Lipinski definition) is 4. The summed E-state index contributed by atoms with van der Waals surface area (Å²) in [5.41, 5.74) is 7.72. The second-order valence-corrected chi connectivity index (χ2v) is 9.58. The number of carbonyl (C=O) groups excluding carboxylic acids is 1. The van der Waals surface area contributed by atoms with Gasteiger partial charge >= 0.3 is 5.97 Å². The Morgan fingerprint density at radius 2 is 2.08 bits per heavy atom. The maximum Gasteiger partial charge on any atom is 0.330 e. The van der Waals surface area contributed by atoms with E-state index in [0.29, 0.717) is 6.04 Å². The second-order valence-electron chi connectivity index (χ2n) is 9.58. The molecular formula is C30H34N4O2. The van der Waals surface area contributed by atoms with Crippen LogP contribution in [0.15, 0.2) is 67.1 Å². The Kier molecular flexibility index (Phi) is 7.05. The van der Waals surface area contributed by atoms with Crippen molar-refractivity contribution < 1.29 is 9.53 Å². The van der Waals surface area contributed by atoms with Gasteiger partial charge in [0.05, 0.1) is 13.3 Å². The van der Waals surface area contributed by atoms with E-state index in [0.717, 1.165) is 44.5 Å². The number of fused-ring (bicyclic) bond motifs is 2. The number of nitrogens with zero attached hydrogens (tertiary/aromatic N) is 4. The minimum Gasteiger partial charge on any atom is -0.466 e. The lowest BCUT2D eigenvalue weighted by atomic mass is 10.0. The number of ether oxygens (including phenoxy) is 1. The van der Waals surface area contributed by atoms with Crippen molar-refractivity contribution in [2.24, 2.45) is 7.05 Å². The number of hydrogen-bond donors (Lipinski definition) is 0. The van der Waals surface area contributed by atoms with E-state index in [2.05, 4.69) is 83.4 Å². The second kappa shape index (κ2) is 10.5. The fraction of sp³-hybridized carbons (Fsp3) is 0.333. The highest BCUT2D eigenvalue weighted by Crippen LogP contribution is 2.37. The minimum atomic E-state index is -0.333. The Balaban J connectivity index is 1.40. The normalized spacial score (nSPS) is 15.3. The van der Waals surface area contributed by atoms with Crippen LogP contribution in [0.5, 0.6) is 0 Å². The van der Waals surface area contributed by atoms with Crippen molar-refractivity contribution in [3.63, 3.8) is 0 Å². The van der Waals surface area contributed by atoms with Gasteiger partial charge in [-0.05, 0) is 60.6 Å². The summed E-state index contributed by atoms with van der Waals surface area (Å²) in [4.78, 5) is 14.1. The molecule has 1 aliphatic carbocycles. The molecule has 2 aromatic carbocycles. The smallest absolute Gasteiger partial charge is 0.330 e. The van der Waals surface area contributed by atoms with Gasteiger partial charge in [-0.2, -0.15) is 5.10 Å². The van der Waals surface area contributed by atoms with Crippen LogP contribution in [0.2, 0.25) is 0 Å². The Labute approximate surface area is 212 Å². The molecule has 2 heterocycles. The molecule has 0 amide bonds. The molecule has 36 heavy (non-hydrogen) atoms. The summed E-state index contributed by atoms with van der Waals surface area (Å²) < 4.78 is 8.96. The summed E-state index contributed by atoms with van der Waals surface area (Å²) in [5, 5.41) is 5.86. The third-order valence-electron chi connectivity index (χ3n) is 7.31. The van der Waals surface area contributed by atoms with Gasteiger partial charge in [-0.25, -0.2) is 4.79 Å². The van der Waals surface area contributed by atoms with Gasteiger partial charge in [0.2, 0.25) is 0 Å². The fourth-order valence-corrected chi connectivity index (χ4v) is 5.46. The summed E-state index contributed by atoms with van der Waals surface area (Å²) in [6.07, 6.45) is 12.9. The van der Waals surface area contributed by atoms with E-state index in [1.165, 1.54) is 46.3 Å². The maximum absolute atomic E-state index is 11.5. The van der Waals surface area contributed by atoms with Gasteiger partial charge in [0.1, 0.15) is 0 Å². The van der Waals surface area contributed by atoms with Gasteiger partial charge in [-0.3, -0.25) is 9.58 Å². The van der Waals surface area contributed by atoms with Crippen LogP contribution in [0.3, 0.4) is 0 Å². The molecule has 1 atom stereocenters. The highest BCUT2D eigenvalue weighted by Gasteiger charge is 2.28. The topological polar surface area (TPSA) is 52.3 Å². The van der Waals surface area contributed by atoms with Crippen molar-refractivity contribution in [1.29, 1.82) is 0 Å². The monoisotopic (exact) mass is 482 g/mol. The molecule has 0 saturated heterocycles. The van der Waals surface area contributed by atoms with Gasteiger partial charge in [0.25, 0.3) is 0 Å². The Morgan fingerprint density at radius 1 is 1.22 bits per heavy atom. The van der Waals surface area contributed by atoms with Crippen LogP contribution in [0.1, 0.15) is 47.2 Å².